The quantitative estimate of drug-likeness (QED) is 0.873. The van der Waals surface area contributed by atoms with Gasteiger partial charge in [-0.05, 0) is 39.5 Å². The van der Waals surface area contributed by atoms with Crippen molar-refractivity contribution in [1.82, 2.24) is 5.32 Å². The summed E-state index contributed by atoms with van der Waals surface area (Å²) in [5.74, 6) is 0.267. The van der Waals surface area contributed by atoms with Gasteiger partial charge in [-0.15, -0.1) is 0 Å². The average Bonchev–Trinajstić information content (AvgIpc) is 2.45. The Balaban J connectivity index is 2.22. The van der Waals surface area contributed by atoms with E-state index in [0.717, 1.165) is 10.0 Å². The first-order valence-electron chi connectivity index (χ1n) is 6.70. The van der Waals surface area contributed by atoms with Crippen LogP contribution in [0.3, 0.4) is 0 Å². The van der Waals surface area contributed by atoms with Gasteiger partial charge in [0.25, 0.3) is 5.91 Å². The first-order chi connectivity index (χ1) is 9.59. The Hall–Kier alpha value is -1.61. The fraction of sp³-hybridized carbons (Fsp3) is 0.235. The molecule has 1 amide bonds. The predicted octanol–water partition coefficient (Wildman–Crippen LogP) is 4.58. The van der Waals surface area contributed by atoms with Crippen LogP contribution in [0, 0.1) is 5.92 Å². The fourth-order valence-corrected chi connectivity index (χ4v) is 2.62. The Morgan fingerprint density at radius 3 is 2.20 bits per heavy atom. The molecule has 0 saturated carbocycles. The molecule has 0 saturated heterocycles. The van der Waals surface area contributed by atoms with Crippen LogP contribution in [0.25, 0.3) is 0 Å². The zero-order chi connectivity index (χ0) is 14.5. The van der Waals surface area contributed by atoms with Crippen molar-refractivity contribution >= 4 is 21.8 Å². The van der Waals surface area contributed by atoms with Gasteiger partial charge in [0.1, 0.15) is 0 Å². The van der Waals surface area contributed by atoms with E-state index in [4.69, 9.17) is 0 Å². The number of hydrogen-bond donors (Lipinski definition) is 1. The van der Waals surface area contributed by atoms with Gasteiger partial charge >= 0.3 is 0 Å². The molecule has 0 radical (unpaired) electrons. The van der Waals surface area contributed by atoms with E-state index >= 15 is 0 Å². The summed E-state index contributed by atoms with van der Waals surface area (Å²) in [6, 6.07) is 17.5. The van der Waals surface area contributed by atoms with Crippen LogP contribution >= 0.6 is 15.9 Å². The highest BCUT2D eigenvalue weighted by Crippen LogP contribution is 2.23. The van der Waals surface area contributed by atoms with Gasteiger partial charge < -0.3 is 5.32 Å². The molecule has 0 spiro atoms. The standard InChI is InChI=1S/C17H18BrNO/c1-12(2)16(13-8-4-3-5-9-13)19-17(20)14-10-6-7-11-15(14)18/h3-12,16H,1-2H3,(H,19,20)/t16-/m1/s1. The van der Waals surface area contributed by atoms with E-state index in [1.54, 1.807) is 0 Å². The molecular weight excluding hydrogens is 314 g/mol. The lowest BCUT2D eigenvalue weighted by Crippen LogP contribution is -2.31. The zero-order valence-electron chi connectivity index (χ0n) is 11.6. The van der Waals surface area contributed by atoms with Gasteiger partial charge in [0.2, 0.25) is 0 Å². The molecule has 2 nitrogen and oxygen atoms in total. The van der Waals surface area contributed by atoms with Crippen molar-refractivity contribution in [1.29, 1.82) is 0 Å². The van der Waals surface area contributed by atoms with Gasteiger partial charge in [-0.3, -0.25) is 4.79 Å². The number of nitrogens with one attached hydrogen (secondary N) is 1. The predicted molar refractivity (Wildman–Crippen MR) is 85.6 cm³/mol. The monoisotopic (exact) mass is 331 g/mol. The third-order valence-corrected chi connectivity index (χ3v) is 3.92. The second-order valence-corrected chi connectivity index (χ2v) is 5.94. The topological polar surface area (TPSA) is 29.1 Å². The minimum Gasteiger partial charge on any atom is -0.345 e. The molecule has 0 heterocycles. The Labute approximate surface area is 128 Å². The summed E-state index contributed by atoms with van der Waals surface area (Å²) in [7, 11) is 0. The summed E-state index contributed by atoms with van der Waals surface area (Å²) >= 11 is 3.42. The summed E-state index contributed by atoms with van der Waals surface area (Å²) < 4.78 is 0.813. The number of hydrogen-bond acceptors (Lipinski definition) is 1. The van der Waals surface area contributed by atoms with E-state index in [9.17, 15) is 4.79 Å². The molecule has 2 aromatic rings. The van der Waals surface area contributed by atoms with Gasteiger partial charge in [0.05, 0.1) is 11.6 Å². The molecule has 2 aromatic carbocycles. The summed E-state index contributed by atoms with van der Waals surface area (Å²) in [4.78, 5) is 12.4. The van der Waals surface area contributed by atoms with Crippen molar-refractivity contribution in [2.45, 2.75) is 19.9 Å². The van der Waals surface area contributed by atoms with Crippen molar-refractivity contribution in [3.05, 3.63) is 70.2 Å². The van der Waals surface area contributed by atoms with Crippen LogP contribution in [-0.4, -0.2) is 5.91 Å². The molecule has 2 rings (SSSR count). The zero-order valence-corrected chi connectivity index (χ0v) is 13.2. The molecule has 3 heteroatoms. The van der Waals surface area contributed by atoms with Crippen molar-refractivity contribution in [2.24, 2.45) is 5.92 Å². The fourth-order valence-electron chi connectivity index (χ4n) is 2.16. The maximum atomic E-state index is 12.4. The Morgan fingerprint density at radius 1 is 1.00 bits per heavy atom. The minimum atomic E-state index is -0.0555. The van der Waals surface area contributed by atoms with E-state index in [-0.39, 0.29) is 11.9 Å². The average molecular weight is 332 g/mol. The van der Waals surface area contributed by atoms with E-state index in [0.29, 0.717) is 11.5 Å². The molecule has 1 N–H and O–H groups in total. The van der Waals surface area contributed by atoms with Crippen LogP contribution in [0.4, 0.5) is 0 Å². The smallest absolute Gasteiger partial charge is 0.252 e. The lowest BCUT2D eigenvalue weighted by molar-refractivity contribution is 0.0925. The molecule has 0 fully saturated rings. The highest BCUT2D eigenvalue weighted by Gasteiger charge is 2.19. The third kappa shape index (κ3) is 3.48. The molecule has 0 bridgehead atoms. The molecule has 1 atom stereocenters. The van der Waals surface area contributed by atoms with Gasteiger partial charge in [-0.1, -0.05) is 56.3 Å². The number of rotatable bonds is 4. The van der Waals surface area contributed by atoms with Crippen LogP contribution in [0.5, 0.6) is 0 Å². The maximum absolute atomic E-state index is 12.4. The largest absolute Gasteiger partial charge is 0.345 e. The molecule has 0 aliphatic heterocycles. The van der Waals surface area contributed by atoms with Crippen LogP contribution in [0.2, 0.25) is 0 Å². The highest BCUT2D eigenvalue weighted by molar-refractivity contribution is 9.10. The van der Waals surface area contributed by atoms with Crippen LogP contribution in [0.1, 0.15) is 35.8 Å². The number of halogens is 1. The summed E-state index contributed by atoms with van der Waals surface area (Å²) in [6.07, 6.45) is 0. The molecule has 0 unspecified atom stereocenters. The second-order valence-electron chi connectivity index (χ2n) is 5.09. The first-order valence-corrected chi connectivity index (χ1v) is 7.49. The highest BCUT2D eigenvalue weighted by atomic mass is 79.9. The molecule has 0 aromatic heterocycles. The van der Waals surface area contributed by atoms with Crippen LogP contribution in [-0.2, 0) is 0 Å². The number of benzene rings is 2. The van der Waals surface area contributed by atoms with Crippen LogP contribution in [0.15, 0.2) is 59.1 Å². The SMILES string of the molecule is CC(C)[C@@H](NC(=O)c1ccccc1Br)c1ccccc1. The van der Waals surface area contributed by atoms with Gasteiger partial charge in [0, 0.05) is 4.47 Å². The lowest BCUT2D eigenvalue weighted by Gasteiger charge is -2.23. The lowest BCUT2D eigenvalue weighted by atomic mass is 9.95. The van der Waals surface area contributed by atoms with Gasteiger partial charge in [-0.25, -0.2) is 0 Å². The van der Waals surface area contributed by atoms with E-state index < -0.39 is 0 Å². The Bertz CT molecular complexity index is 581. The molecule has 104 valence electrons. The van der Waals surface area contributed by atoms with Crippen molar-refractivity contribution in [2.75, 3.05) is 0 Å². The first kappa shape index (κ1) is 14.8. The normalized spacial score (nSPS) is 12.2. The molecular formula is C17H18BrNO. The summed E-state index contributed by atoms with van der Waals surface area (Å²) in [6.45, 7) is 4.22. The summed E-state index contributed by atoms with van der Waals surface area (Å²) in [5, 5.41) is 3.12. The number of carbonyl (C=O) groups excluding carboxylic acids is 1. The molecule has 20 heavy (non-hydrogen) atoms. The minimum absolute atomic E-state index is 0.0100. The van der Waals surface area contributed by atoms with Gasteiger partial charge in [0.15, 0.2) is 0 Å². The van der Waals surface area contributed by atoms with Crippen molar-refractivity contribution in [3.63, 3.8) is 0 Å². The number of amides is 1. The Kier molecular flexibility index (Phi) is 4.96. The van der Waals surface area contributed by atoms with E-state index in [2.05, 4.69) is 35.1 Å². The van der Waals surface area contributed by atoms with Crippen molar-refractivity contribution in [3.8, 4) is 0 Å². The molecule has 0 aliphatic carbocycles. The van der Waals surface area contributed by atoms with E-state index in [1.807, 2.05) is 54.6 Å². The Morgan fingerprint density at radius 2 is 1.60 bits per heavy atom. The van der Waals surface area contributed by atoms with Crippen molar-refractivity contribution < 1.29 is 4.79 Å². The van der Waals surface area contributed by atoms with Gasteiger partial charge in [-0.2, -0.15) is 0 Å². The second kappa shape index (κ2) is 6.71. The summed E-state index contributed by atoms with van der Waals surface area (Å²) in [5.41, 5.74) is 1.79. The molecule has 0 aliphatic rings. The maximum Gasteiger partial charge on any atom is 0.252 e. The van der Waals surface area contributed by atoms with E-state index in [1.165, 1.54) is 0 Å². The van der Waals surface area contributed by atoms with Crippen LogP contribution < -0.4 is 5.32 Å². The number of carbonyl (C=O) groups is 1. The third-order valence-electron chi connectivity index (χ3n) is 3.23.